The fourth-order valence-electron chi connectivity index (χ4n) is 1.03. The van der Waals surface area contributed by atoms with Crippen LogP contribution in [0.5, 0.6) is 0 Å². The third-order valence-electron chi connectivity index (χ3n) is 1.66. The van der Waals surface area contributed by atoms with E-state index in [1.165, 1.54) is 0 Å². The molecule has 0 aromatic carbocycles. The second-order valence-corrected chi connectivity index (χ2v) is 2.35. The third-order valence-corrected chi connectivity index (χ3v) is 1.66. The molecule has 0 amide bonds. The van der Waals surface area contributed by atoms with Gasteiger partial charge in [0.25, 0.3) is 0 Å². The first kappa shape index (κ1) is 7.28. The molecule has 1 aliphatic heterocycles. The summed E-state index contributed by atoms with van der Waals surface area (Å²) in [6.45, 7) is 7.33. The molecule has 0 atom stereocenters. The van der Waals surface area contributed by atoms with Crippen LogP contribution in [0.1, 0.15) is 0 Å². The van der Waals surface area contributed by atoms with Gasteiger partial charge in [0.2, 0.25) is 0 Å². The molecule has 0 spiro atoms. The molecule has 1 saturated heterocycles. The van der Waals surface area contributed by atoms with Crippen molar-refractivity contribution in [1.82, 2.24) is 10.2 Å². The van der Waals surface area contributed by atoms with Gasteiger partial charge in [0.15, 0.2) is 6.29 Å². The second kappa shape index (κ2) is 3.37. The summed E-state index contributed by atoms with van der Waals surface area (Å²) in [5.41, 5.74) is 0.599. The highest BCUT2D eigenvalue weighted by atomic mass is 16.1. The Morgan fingerprint density at radius 2 is 2.10 bits per heavy atom. The standard InChI is InChI=1S/C7H12N2O/c1-7(6-10)9-4-2-8-3-5-9/h6,8H,1-5H2. The van der Waals surface area contributed by atoms with Crippen LogP contribution >= 0.6 is 0 Å². The number of nitrogens with one attached hydrogen (secondary N) is 1. The Morgan fingerprint density at radius 1 is 1.50 bits per heavy atom. The molecule has 1 heterocycles. The van der Waals surface area contributed by atoms with Crippen molar-refractivity contribution in [2.24, 2.45) is 0 Å². The fourth-order valence-corrected chi connectivity index (χ4v) is 1.03. The molecule has 0 aliphatic carbocycles. The molecule has 0 unspecified atom stereocenters. The van der Waals surface area contributed by atoms with Gasteiger partial charge in [0.1, 0.15) is 0 Å². The van der Waals surface area contributed by atoms with Gasteiger partial charge in [-0.2, -0.15) is 0 Å². The number of carbonyl (C=O) groups is 1. The van der Waals surface area contributed by atoms with Gasteiger partial charge in [-0.05, 0) is 0 Å². The van der Waals surface area contributed by atoms with E-state index in [9.17, 15) is 4.79 Å². The molecule has 0 saturated carbocycles. The van der Waals surface area contributed by atoms with E-state index in [-0.39, 0.29) is 0 Å². The number of allylic oxidation sites excluding steroid dienone is 1. The van der Waals surface area contributed by atoms with Gasteiger partial charge in [-0.3, -0.25) is 4.79 Å². The van der Waals surface area contributed by atoms with Crippen LogP contribution in [0.25, 0.3) is 0 Å². The maximum Gasteiger partial charge on any atom is 0.165 e. The normalized spacial score (nSPS) is 18.6. The quantitative estimate of drug-likeness (QED) is 0.418. The molecular weight excluding hydrogens is 128 g/mol. The zero-order valence-electron chi connectivity index (χ0n) is 5.97. The summed E-state index contributed by atoms with van der Waals surface area (Å²) in [5, 5.41) is 3.19. The van der Waals surface area contributed by atoms with Gasteiger partial charge >= 0.3 is 0 Å². The van der Waals surface area contributed by atoms with Crippen LogP contribution in [0.4, 0.5) is 0 Å². The molecule has 1 fully saturated rings. The Bertz CT molecular complexity index is 139. The summed E-state index contributed by atoms with van der Waals surface area (Å²) >= 11 is 0. The van der Waals surface area contributed by atoms with Crippen molar-refractivity contribution in [2.45, 2.75) is 0 Å². The van der Waals surface area contributed by atoms with Crippen molar-refractivity contribution in [2.75, 3.05) is 26.2 Å². The lowest BCUT2D eigenvalue weighted by Gasteiger charge is -2.28. The molecule has 0 aromatic heterocycles. The van der Waals surface area contributed by atoms with Crippen molar-refractivity contribution >= 4 is 6.29 Å². The molecule has 3 heteroatoms. The summed E-state index contributed by atoms with van der Waals surface area (Å²) in [7, 11) is 0. The predicted molar refractivity (Wildman–Crippen MR) is 39.6 cm³/mol. The van der Waals surface area contributed by atoms with Gasteiger partial charge in [-0.1, -0.05) is 6.58 Å². The van der Waals surface area contributed by atoms with Crippen molar-refractivity contribution in [3.8, 4) is 0 Å². The minimum absolute atomic E-state index is 0.599. The molecule has 0 bridgehead atoms. The van der Waals surface area contributed by atoms with E-state index in [0.717, 1.165) is 32.5 Å². The van der Waals surface area contributed by atoms with E-state index in [4.69, 9.17) is 0 Å². The summed E-state index contributed by atoms with van der Waals surface area (Å²) in [6.07, 6.45) is 0.811. The first-order chi connectivity index (χ1) is 4.84. The van der Waals surface area contributed by atoms with E-state index >= 15 is 0 Å². The average molecular weight is 140 g/mol. The van der Waals surface area contributed by atoms with Gasteiger partial charge in [0, 0.05) is 26.2 Å². The monoisotopic (exact) mass is 140 g/mol. The second-order valence-electron chi connectivity index (χ2n) is 2.35. The van der Waals surface area contributed by atoms with E-state index in [1.54, 1.807) is 0 Å². The zero-order chi connectivity index (χ0) is 7.40. The number of rotatable bonds is 2. The number of carbonyl (C=O) groups excluding carboxylic acids is 1. The Kier molecular flexibility index (Phi) is 2.45. The number of hydrogen-bond donors (Lipinski definition) is 1. The maximum atomic E-state index is 10.2. The highest BCUT2D eigenvalue weighted by Gasteiger charge is 2.09. The highest BCUT2D eigenvalue weighted by Crippen LogP contribution is 1.98. The Labute approximate surface area is 60.7 Å². The molecule has 1 aliphatic rings. The van der Waals surface area contributed by atoms with Gasteiger partial charge in [-0.15, -0.1) is 0 Å². The van der Waals surface area contributed by atoms with E-state index < -0.39 is 0 Å². The first-order valence-electron chi connectivity index (χ1n) is 3.44. The lowest BCUT2D eigenvalue weighted by molar-refractivity contribution is -0.106. The lowest BCUT2D eigenvalue weighted by atomic mass is 10.3. The van der Waals surface area contributed by atoms with Gasteiger partial charge in [-0.25, -0.2) is 0 Å². The minimum atomic E-state index is 0.599. The molecule has 0 aromatic rings. The van der Waals surface area contributed by atoms with Crippen molar-refractivity contribution in [3.63, 3.8) is 0 Å². The van der Waals surface area contributed by atoms with Crippen molar-refractivity contribution in [1.29, 1.82) is 0 Å². The van der Waals surface area contributed by atoms with Crippen LogP contribution in [-0.4, -0.2) is 37.4 Å². The van der Waals surface area contributed by atoms with Crippen molar-refractivity contribution < 1.29 is 4.79 Å². The maximum absolute atomic E-state index is 10.2. The lowest BCUT2D eigenvalue weighted by Crippen LogP contribution is -2.42. The summed E-state index contributed by atoms with van der Waals surface area (Å²) < 4.78 is 0. The third kappa shape index (κ3) is 1.57. The summed E-state index contributed by atoms with van der Waals surface area (Å²) in [6, 6.07) is 0. The smallest absolute Gasteiger partial charge is 0.165 e. The topological polar surface area (TPSA) is 32.3 Å². The van der Waals surface area contributed by atoms with Crippen LogP contribution in [0.15, 0.2) is 12.3 Å². The Morgan fingerprint density at radius 3 is 2.60 bits per heavy atom. The number of hydrogen-bond acceptors (Lipinski definition) is 3. The van der Waals surface area contributed by atoms with Crippen LogP contribution < -0.4 is 5.32 Å². The molecule has 3 nitrogen and oxygen atoms in total. The van der Waals surface area contributed by atoms with Gasteiger partial charge < -0.3 is 10.2 Å². The van der Waals surface area contributed by atoms with E-state index in [2.05, 4.69) is 11.9 Å². The SMILES string of the molecule is C=C(C=O)N1CCNCC1. The minimum Gasteiger partial charge on any atom is -0.367 e. The predicted octanol–water partition coefficient (Wildman–Crippen LogP) is -0.396. The number of aldehydes is 1. The van der Waals surface area contributed by atoms with Crippen LogP contribution in [-0.2, 0) is 4.79 Å². The number of nitrogens with zero attached hydrogens (tertiary/aromatic N) is 1. The van der Waals surface area contributed by atoms with Crippen LogP contribution in [0.3, 0.4) is 0 Å². The fraction of sp³-hybridized carbons (Fsp3) is 0.571. The van der Waals surface area contributed by atoms with Crippen molar-refractivity contribution in [3.05, 3.63) is 12.3 Å². The Hall–Kier alpha value is -0.830. The first-order valence-corrected chi connectivity index (χ1v) is 3.44. The number of piperazine rings is 1. The molecule has 1 N–H and O–H groups in total. The van der Waals surface area contributed by atoms with E-state index in [1.807, 2.05) is 4.90 Å². The summed E-state index contributed by atoms with van der Waals surface area (Å²) in [4.78, 5) is 12.2. The largest absolute Gasteiger partial charge is 0.367 e. The molecule has 1 rings (SSSR count). The zero-order valence-corrected chi connectivity index (χ0v) is 5.97. The molecular formula is C7H12N2O. The van der Waals surface area contributed by atoms with E-state index in [0.29, 0.717) is 5.70 Å². The van der Waals surface area contributed by atoms with Crippen LogP contribution in [0, 0.1) is 0 Å². The molecule has 0 radical (unpaired) electrons. The highest BCUT2D eigenvalue weighted by molar-refractivity contribution is 5.71. The van der Waals surface area contributed by atoms with Crippen LogP contribution in [0.2, 0.25) is 0 Å². The Balaban J connectivity index is 2.38. The summed E-state index contributed by atoms with van der Waals surface area (Å²) in [5.74, 6) is 0. The average Bonchev–Trinajstić information content (AvgIpc) is 2.05. The van der Waals surface area contributed by atoms with Gasteiger partial charge in [0.05, 0.1) is 5.70 Å². The molecule has 56 valence electrons. The molecule has 10 heavy (non-hydrogen) atoms.